The van der Waals surface area contributed by atoms with Crippen LogP contribution in [0.3, 0.4) is 0 Å². The molecule has 0 atom stereocenters. The maximum Gasteiger partial charge on any atom is 0.417 e. The number of nitrogens with zero attached hydrogens (tertiary/aromatic N) is 2. The molecule has 7 heteroatoms. The number of halogens is 4. The third kappa shape index (κ3) is 2.64. The van der Waals surface area contributed by atoms with E-state index in [-0.39, 0.29) is 17.1 Å². The van der Waals surface area contributed by atoms with Gasteiger partial charge >= 0.3 is 6.18 Å². The van der Waals surface area contributed by atoms with Gasteiger partial charge < -0.3 is 5.32 Å². The zero-order valence-electron chi connectivity index (χ0n) is 9.79. The molecule has 0 aliphatic carbocycles. The standard InChI is InChI=1S/C12H9F4N3/c1-17-11-10(18-4-5-19-11)8-3-2-7(13)6-9(8)12(14,15)16/h2-6H,1H3,(H,17,19). The van der Waals surface area contributed by atoms with Crippen molar-refractivity contribution in [2.75, 3.05) is 12.4 Å². The quantitative estimate of drug-likeness (QED) is 0.851. The van der Waals surface area contributed by atoms with Crippen molar-refractivity contribution >= 4 is 5.82 Å². The second-order valence-electron chi connectivity index (χ2n) is 3.69. The van der Waals surface area contributed by atoms with Crippen molar-refractivity contribution in [3.63, 3.8) is 0 Å². The molecule has 0 saturated carbocycles. The van der Waals surface area contributed by atoms with E-state index in [1.54, 1.807) is 0 Å². The van der Waals surface area contributed by atoms with Gasteiger partial charge in [0, 0.05) is 25.0 Å². The van der Waals surface area contributed by atoms with E-state index >= 15 is 0 Å². The molecule has 0 amide bonds. The fourth-order valence-corrected chi connectivity index (χ4v) is 1.68. The Labute approximate surface area is 106 Å². The molecule has 0 fully saturated rings. The minimum atomic E-state index is -4.67. The van der Waals surface area contributed by atoms with Gasteiger partial charge in [0.25, 0.3) is 0 Å². The van der Waals surface area contributed by atoms with E-state index in [0.717, 1.165) is 12.1 Å². The van der Waals surface area contributed by atoms with Crippen molar-refractivity contribution in [2.45, 2.75) is 6.18 Å². The van der Waals surface area contributed by atoms with E-state index in [2.05, 4.69) is 15.3 Å². The van der Waals surface area contributed by atoms with Crippen molar-refractivity contribution in [2.24, 2.45) is 0 Å². The van der Waals surface area contributed by atoms with Gasteiger partial charge in [0.15, 0.2) is 5.82 Å². The Balaban J connectivity index is 2.69. The Morgan fingerprint density at radius 2 is 1.79 bits per heavy atom. The average Bonchev–Trinajstić information content (AvgIpc) is 2.37. The van der Waals surface area contributed by atoms with E-state index in [4.69, 9.17) is 0 Å². The summed E-state index contributed by atoms with van der Waals surface area (Å²) < 4.78 is 51.8. The Hall–Kier alpha value is -2.18. The molecule has 0 spiro atoms. The van der Waals surface area contributed by atoms with Gasteiger partial charge in [-0.25, -0.2) is 9.37 Å². The zero-order chi connectivity index (χ0) is 14.0. The van der Waals surface area contributed by atoms with E-state index in [1.165, 1.54) is 19.4 Å². The molecule has 1 aromatic heterocycles. The van der Waals surface area contributed by atoms with Crippen LogP contribution in [0.4, 0.5) is 23.4 Å². The summed E-state index contributed by atoms with van der Waals surface area (Å²) >= 11 is 0. The molecule has 0 aliphatic heterocycles. The maximum atomic E-state index is 13.0. The molecule has 0 unspecified atom stereocenters. The van der Waals surface area contributed by atoms with Crippen LogP contribution in [0, 0.1) is 5.82 Å². The summed E-state index contributed by atoms with van der Waals surface area (Å²) in [6.45, 7) is 0. The van der Waals surface area contributed by atoms with Crippen molar-refractivity contribution < 1.29 is 17.6 Å². The molecule has 2 rings (SSSR count). The number of benzene rings is 1. The monoisotopic (exact) mass is 271 g/mol. The van der Waals surface area contributed by atoms with Crippen molar-refractivity contribution in [1.29, 1.82) is 0 Å². The fraction of sp³-hybridized carbons (Fsp3) is 0.167. The van der Waals surface area contributed by atoms with E-state index < -0.39 is 17.6 Å². The Bertz CT molecular complexity index is 596. The number of aromatic nitrogens is 2. The normalized spacial score (nSPS) is 11.4. The summed E-state index contributed by atoms with van der Waals surface area (Å²) in [5.74, 6) is -0.759. The van der Waals surface area contributed by atoms with Crippen LogP contribution in [0.15, 0.2) is 30.6 Å². The molecule has 2 aromatic rings. The third-order valence-electron chi connectivity index (χ3n) is 2.48. The lowest BCUT2D eigenvalue weighted by molar-refractivity contribution is -0.137. The predicted octanol–water partition coefficient (Wildman–Crippen LogP) is 3.34. The first kappa shape index (κ1) is 13.3. The molecule has 0 radical (unpaired) electrons. The summed E-state index contributed by atoms with van der Waals surface area (Å²) in [6, 6.07) is 2.45. The van der Waals surface area contributed by atoms with Crippen LogP contribution in [0.25, 0.3) is 11.3 Å². The lowest BCUT2D eigenvalue weighted by atomic mass is 10.0. The van der Waals surface area contributed by atoms with E-state index in [9.17, 15) is 17.6 Å². The predicted molar refractivity (Wildman–Crippen MR) is 62.0 cm³/mol. The first-order valence-electron chi connectivity index (χ1n) is 5.29. The first-order valence-corrected chi connectivity index (χ1v) is 5.29. The summed E-state index contributed by atoms with van der Waals surface area (Å²) in [5.41, 5.74) is -1.27. The molecule has 3 nitrogen and oxygen atoms in total. The van der Waals surface area contributed by atoms with Crippen LogP contribution in [0.1, 0.15) is 5.56 Å². The fourth-order valence-electron chi connectivity index (χ4n) is 1.68. The molecule has 1 N–H and O–H groups in total. The second kappa shape index (κ2) is 4.83. The number of alkyl halides is 3. The minimum Gasteiger partial charge on any atom is -0.371 e. The molecule has 1 aromatic carbocycles. The highest BCUT2D eigenvalue weighted by Gasteiger charge is 2.35. The third-order valence-corrected chi connectivity index (χ3v) is 2.48. The largest absolute Gasteiger partial charge is 0.417 e. The summed E-state index contributed by atoms with van der Waals surface area (Å²) in [7, 11) is 1.52. The van der Waals surface area contributed by atoms with Gasteiger partial charge in [-0.15, -0.1) is 0 Å². The van der Waals surface area contributed by atoms with E-state index in [1.807, 2.05) is 0 Å². The number of anilines is 1. The van der Waals surface area contributed by atoms with Gasteiger partial charge in [0.05, 0.1) is 5.56 Å². The van der Waals surface area contributed by atoms with Gasteiger partial charge in [-0.1, -0.05) is 0 Å². The molecule has 19 heavy (non-hydrogen) atoms. The Morgan fingerprint density at radius 1 is 1.11 bits per heavy atom. The van der Waals surface area contributed by atoms with Crippen LogP contribution in [-0.2, 0) is 6.18 Å². The van der Waals surface area contributed by atoms with Crippen molar-refractivity contribution in [3.8, 4) is 11.3 Å². The minimum absolute atomic E-state index is 0.0253. The SMILES string of the molecule is CNc1nccnc1-c1ccc(F)cc1C(F)(F)F. The summed E-state index contributed by atoms with van der Waals surface area (Å²) in [4.78, 5) is 7.76. The summed E-state index contributed by atoms with van der Waals surface area (Å²) in [5, 5.41) is 2.65. The smallest absolute Gasteiger partial charge is 0.371 e. The molecular formula is C12H9F4N3. The highest BCUT2D eigenvalue weighted by Crippen LogP contribution is 2.38. The van der Waals surface area contributed by atoms with Crippen LogP contribution < -0.4 is 5.32 Å². The Morgan fingerprint density at radius 3 is 2.42 bits per heavy atom. The van der Waals surface area contributed by atoms with Gasteiger partial charge in [0.2, 0.25) is 0 Å². The molecular weight excluding hydrogens is 262 g/mol. The van der Waals surface area contributed by atoms with E-state index in [0.29, 0.717) is 6.07 Å². The van der Waals surface area contributed by atoms with Crippen LogP contribution in [0.5, 0.6) is 0 Å². The van der Waals surface area contributed by atoms with Gasteiger partial charge in [-0.05, 0) is 18.2 Å². The van der Waals surface area contributed by atoms with Crippen LogP contribution in [0.2, 0.25) is 0 Å². The lowest BCUT2D eigenvalue weighted by Gasteiger charge is -2.14. The average molecular weight is 271 g/mol. The van der Waals surface area contributed by atoms with Gasteiger partial charge in [-0.3, -0.25) is 4.98 Å². The second-order valence-corrected chi connectivity index (χ2v) is 3.69. The highest BCUT2D eigenvalue weighted by atomic mass is 19.4. The number of rotatable bonds is 2. The zero-order valence-corrected chi connectivity index (χ0v) is 9.79. The number of nitrogens with one attached hydrogen (secondary N) is 1. The summed E-state index contributed by atoms with van der Waals surface area (Å²) in [6.07, 6.45) is -2.04. The maximum absolute atomic E-state index is 13.0. The highest BCUT2D eigenvalue weighted by molar-refractivity contribution is 5.74. The molecule has 0 aliphatic rings. The molecule has 0 bridgehead atoms. The number of hydrogen-bond donors (Lipinski definition) is 1. The molecule has 100 valence electrons. The topological polar surface area (TPSA) is 37.8 Å². The number of hydrogen-bond acceptors (Lipinski definition) is 3. The molecule has 1 heterocycles. The van der Waals surface area contributed by atoms with Crippen LogP contribution in [-0.4, -0.2) is 17.0 Å². The lowest BCUT2D eigenvalue weighted by Crippen LogP contribution is -2.09. The molecule has 0 saturated heterocycles. The van der Waals surface area contributed by atoms with Crippen LogP contribution >= 0.6 is 0 Å². The van der Waals surface area contributed by atoms with Gasteiger partial charge in [0.1, 0.15) is 11.5 Å². The van der Waals surface area contributed by atoms with Crippen molar-refractivity contribution in [3.05, 3.63) is 42.0 Å². The first-order chi connectivity index (χ1) is 8.93. The van der Waals surface area contributed by atoms with Gasteiger partial charge in [-0.2, -0.15) is 13.2 Å². The Kier molecular flexibility index (Phi) is 3.37. The van der Waals surface area contributed by atoms with Crippen molar-refractivity contribution in [1.82, 2.24) is 9.97 Å².